The second-order valence-electron chi connectivity index (χ2n) is 10.6. The van der Waals surface area contributed by atoms with Crippen molar-refractivity contribution in [3.63, 3.8) is 0 Å². The van der Waals surface area contributed by atoms with Gasteiger partial charge in [-0.25, -0.2) is 4.79 Å². The third kappa shape index (κ3) is 10.1. The summed E-state index contributed by atoms with van der Waals surface area (Å²) < 4.78 is 22.0. The Bertz CT molecular complexity index is 1270. The first-order chi connectivity index (χ1) is 20.1. The Balaban J connectivity index is 0.00000506. The molecule has 0 bridgehead atoms. The van der Waals surface area contributed by atoms with Gasteiger partial charge < -0.3 is 19.1 Å². The van der Waals surface area contributed by atoms with Crippen LogP contribution in [-0.4, -0.2) is 34.7 Å². The minimum absolute atomic E-state index is 0. The van der Waals surface area contributed by atoms with Crippen LogP contribution < -0.4 is 25.3 Å². The van der Waals surface area contributed by atoms with Gasteiger partial charge in [0.25, 0.3) is 11.4 Å². The van der Waals surface area contributed by atoms with Crippen molar-refractivity contribution in [2.45, 2.75) is 82.6 Å². The van der Waals surface area contributed by atoms with E-state index in [9.17, 15) is 24.6 Å². The zero-order valence-corrected chi connectivity index (χ0v) is 25.4. The molecule has 1 unspecified atom stereocenters. The van der Waals surface area contributed by atoms with E-state index in [1.807, 2.05) is 0 Å². The fraction of sp³-hybridized carbons (Fsp3) is 0.500. The van der Waals surface area contributed by atoms with Crippen molar-refractivity contribution < 1.29 is 38.1 Å². The number of hydrogen-bond donors (Lipinski definition) is 2. The number of carbonyl (C=O) groups excluding carboxylic acids is 2. The third-order valence-electron chi connectivity index (χ3n) is 7.25. The largest absolute Gasteiger partial charge is 0.574 e. The smallest absolute Gasteiger partial charge is 0.412 e. The van der Waals surface area contributed by atoms with E-state index < -0.39 is 36.8 Å². The number of nitrogens with two attached hydrogens (primary N) is 1. The number of benzene rings is 2. The van der Waals surface area contributed by atoms with Crippen LogP contribution in [0.5, 0.6) is 17.2 Å². The predicted octanol–water partition coefficient (Wildman–Crippen LogP) is 5.20. The van der Waals surface area contributed by atoms with Gasteiger partial charge in [0.15, 0.2) is 5.75 Å². The Labute approximate surface area is 256 Å². The molecule has 2 saturated carbocycles. The number of rotatable bonds is 13. The topological polar surface area (TPSA) is 188 Å². The molecule has 43 heavy (non-hydrogen) atoms. The lowest BCUT2D eigenvalue weighted by Gasteiger charge is -2.31. The quantitative estimate of drug-likeness (QED) is 0.0964. The van der Waals surface area contributed by atoms with Crippen LogP contribution in [0.1, 0.15) is 64.7 Å². The van der Waals surface area contributed by atoms with E-state index in [-0.39, 0.29) is 42.3 Å². The predicted molar refractivity (Wildman–Crippen MR) is 157 cm³/mol. The highest BCUT2D eigenvalue weighted by Crippen LogP contribution is 2.34. The van der Waals surface area contributed by atoms with Gasteiger partial charge in [0.2, 0.25) is 0 Å². The van der Waals surface area contributed by atoms with E-state index >= 15 is 0 Å². The molecule has 13 nitrogen and oxygen atoms in total. The molecule has 3 atom stereocenters. The summed E-state index contributed by atoms with van der Waals surface area (Å²) >= 11 is 0. The van der Waals surface area contributed by atoms with E-state index in [0.29, 0.717) is 11.5 Å². The molecule has 234 valence electrons. The van der Waals surface area contributed by atoms with Crippen molar-refractivity contribution in [2.75, 3.05) is 0 Å². The van der Waals surface area contributed by atoms with E-state index in [1.165, 1.54) is 43.3 Å². The maximum atomic E-state index is 13.0. The molecule has 0 aromatic heterocycles. The van der Waals surface area contributed by atoms with Gasteiger partial charge in [-0.15, -0.1) is 12.4 Å². The van der Waals surface area contributed by atoms with Crippen LogP contribution in [0, 0.1) is 16.0 Å². The number of nitrogens with one attached hydrogen (secondary N) is 1. The summed E-state index contributed by atoms with van der Waals surface area (Å²) in [5.41, 5.74) is 6.86. The number of carbonyl (C=O) groups is 2. The minimum atomic E-state index is -2.62. The van der Waals surface area contributed by atoms with E-state index in [2.05, 4.69) is 10.3 Å². The molecule has 2 aliphatic rings. The first kappa shape index (κ1) is 34.1. The zero-order valence-electron chi connectivity index (χ0n) is 23.7. The molecule has 0 aliphatic heterocycles. The molecule has 2 fully saturated rings. The Morgan fingerprint density at radius 1 is 1.02 bits per heavy atom. The lowest BCUT2D eigenvalue weighted by molar-refractivity contribution is -0.384. The molecule has 3 N–H and O–H groups in total. The van der Waals surface area contributed by atoms with Crippen LogP contribution >= 0.6 is 20.6 Å². The van der Waals surface area contributed by atoms with Crippen LogP contribution in [0.3, 0.4) is 0 Å². The fourth-order valence-corrected chi connectivity index (χ4v) is 5.58. The van der Waals surface area contributed by atoms with Crippen LogP contribution in [0.15, 0.2) is 53.4 Å². The van der Waals surface area contributed by atoms with Gasteiger partial charge >= 0.3 is 20.1 Å². The molecule has 2 aliphatic carbocycles. The Hall–Kier alpha value is -3.35. The van der Waals surface area contributed by atoms with Crippen molar-refractivity contribution in [1.82, 2.24) is 5.43 Å². The van der Waals surface area contributed by atoms with E-state index in [1.54, 1.807) is 12.1 Å². The number of hydrogen-bond acceptors (Lipinski definition) is 11. The van der Waals surface area contributed by atoms with Crippen molar-refractivity contribution >= 4 is 38.2 Å². The van der Waals surface area contributed by atoms with Crippen molar-refractivity contribution in [3.8, 4) is 17.2 Å². The number of halogens is 1. The molecule has 4 rings (SSSR count). The first-order valence-corrected chi connectivity index (χ1v) is 15.1. The maximum absolute atomic E-state index is 13.0. The van der Waals surface area contributed by atoms with Crippen molar-refractivity contribution in [2.24, 2.45) is 16.5 Å². The fourth-order valence-electron chi connectivity index (χ4n) is 4.97. The van der Waals surface area contributed by atoms with Gasteiger partial charge in [-0.1, -0.05) is 25.7 Å². The average Bonchev–Trinajstić information content (AvgIpc) is 3.67. The molecule has 0 saturated heterocycles. The molecule has 2 aromatic carbocycles. The summed E-state index contributed by atoms with van der Waals surface area (Å²) in [5.74, 6) is -0.377. The average molecular weight is 639 g/mol. The summed E-state index contributed by atoms with van der Waals surface area (Å²) in [5, 5.41) is 10.8. The van der Waals surface area contributed by atoms with Crippen molar-refractivity contribution in [1.29, 1.82) is 0 Å². The number of esters is 2. The Morgan fingerprint density at radius 2 is 1.56 bits per heavy atom. The van der Waals surface area contributed by atoms with Gasteiger partial charge in [-0.05, 0) is 74.9 Å². The molecular formula is C28H36ClN4O9P. The van der Waals surface area contributed by atoms with Gasteiger partial charge in [0.05, 0.1) is 4.92 Å². The molecule has 15 heteroatoms. The summed E-state index contributed by atoms with van der Waals surface area (Å²) in [6.07, 6.45) is 7.29. The highest BCUT2D eigenvalue weighted by atomic mass is 35.5. The number of nitrogens with zero attached hydrogens (tertiary/aromatic N) is 2. The second kappa shape index (κ2) is 15.9. The lowest BCUT2D eigenvalue weighted by atomic mass is 9.95. The standard InChI is InChI=1S/C28H35N4O9P.ClH/c1-19(26(33)40-28(29,18-20-6-2-3-7-20)27(34)39-22-8-4-5-9-22)30-31-42(37)41-25-16-14-24(15-17-25)38-23-12-10-21(11-13-23)32(35)36;/h10-17,19-20,22,30H,2-9,18,29H2,1H3;1H/t19-,28-;/m0./s1. The molecule has 0 spiro atoms. The molecular weight excluding hydrogens is 603 g/mol. The summed E-state index contributed by atoms with van der Waals surface area (Å²) in [6, 6.07) is 10.6. The van der Waals surface area contributed by atoms with Crippen LogP contribution in [0.25, 0.3) is 0 Å². The normalized spacial score (nSPS) is 17.8. The van der Waals surface area contributed by atoms with Crippen LogP contribution in [0.4, 0.5) is 5.69 Å². The summed E-state index contributed by atoms with van der Waals surface area (Å²) in [6.45, 7) is 1.44. The minimum Gasteiger partial charge on any atom is -0.574 e. The van der Waals surface area contributed by atoms with E-state index in [4.69, 9.17) is 24.5 Å². The number of ether oxygens (including phenoxy) is 3. The lowest BCUT2D eigenvalue weighted by Crippen LogP contribution is -2.56. The summed E-state index contributed by atoms with van der Waals surface area (Å²) in [7, 11) is -2.62. The highest BCUT2D eigenvalue weighted by Gasteiger charge is 2.44. The van der Waals surface area contributed by atoms with Gasteiger partial charge in [0, 0.05) is 23.4 Å². The van der Waals surface area contributed by atoms with Crippen molar-refractivity contribution in [3.05, 3.63) is 58.6 Å². The Morgan fingerprint density at radius 3 is 2.14 bits per heavy atom. The van der Waals surface area contributed by atoms with Gasteiger partial charge in [-0.2, -0.15) is 5.43 Å². The highest BCUT2D eigenvalue weighted by molar-refractivity contribution is 7.33. The monoisotopic (exact) mass is 638 g/mol. The number of nitro groups is 1. The maximum Gasteiger partial charge on any atom is 0.412 e. The van der Waals surface area contributed by atoms with Gasteiger partial charge in [0.1, 0.15) is 23.6 Å². The second-order valence-corrected chi connectivity index (χ2v) is 11.4. The molecule has 0 radical (unpaired) electrons. The SMILES string of the molecule is C[C@H](N/N=[P+](\[O-])Oc1ccc(Oc2ccc([N+](=O)[O-])cc2)cc1)C(=O)O[C@@](N)(CC1CCCC1)C(=O)OC1CCCC1.Cl. The number of non-ortho nitro benzene ring substituents is 1. The zero-order chi connectivity index (χ0) is 30.1. The molecule has 2 aromatic rings. The van der Waals surface area contributed by atoms with Crippen LogP contribution in [-0.2, 0) is 19.1 Å². The molecule has 0 heterocycles. The number of nitro benzene ring substituents is 1. The van der Waals surface area contributed by atoms with E-state index in [0.717, 1.165) is 51.4 Å². The summed E-state index contributed by atoms with van der Waals surface area (Å²) in [4.78, 5) is 52.3. The Kier molecular flexibility index (Phi) is 12.6. The first-order valence-electron chi connectivity index (χ1n) is 14.0. The van der Waals surface area contributed by atoms with Gasteiger partial charge in [-0.3, -0.25) is 25.2 Å². The van der Waals surface area contributed by atoms with Crippen LogP contribution in [0.2, 0.25) is 0 Å². The third-order valence-corrected chi connectivity index (χ3v) is 7.89. The molecule has 0 amide bonds.